The first kappa shape index (κ1) is 31.9. The van der Waals surface area contributed by atoms with Crippen molar-refractivity contribution >= 4 is 56.9 Å². The summed E-state index contributed by atoms with van der Waals surface area (Å²) in [6.07, 6.45) is 2.06. The van der Waals surface area contributed by atoms with Crippen LogP contribution in [0.1, 0.15) is 60.1 Å². The van der Waals surface area contributed by atoms with Crippen molar-refractivity contribution in [3.63, 3.8) is 0 Å². The number of fused-ring (bicyclic) bond motifs is 1. The number of aliphatic hydroxyl groups is 1. The summed E-state index contributed by atoms with van der Waals surface area (Å²) in [6.45, 7) is 19.4. The second kappa shape index (κ2) is 11.9. The Kier molecular flexibility index (Phi) is 9.51. The molecule has 0 aromatic carbocycles. The van der Waals surface area contributed by atoms with Crippen LogP contribution in [0.25, 0.3) is 11.2 Å². The zero-order valence-electron chi connectivity index (χ0n) is 24.4. The van der Waals surface area contributed by atoms with Crippen LogP contribution in [-0.2, 0) is 30.0 Å². The number of rotatable bonds is 9. The molecule has 2 aromatic heterocycles. The number of ether oxygens (including phenoxy) is 1. The topological polar surface area (TPSA) is 127 Å². The summed E-state index contributed by atoms with van der Waals surface area (Å²) in [5.74, 6) is 0.600. The molecule has 2 fully saturated rings. The molecule has 1 unspecified atom stereocenters. The highest BCUT2D eigenvalue weighted by Gasteiger charge is 2.52. The number of nitrogen functional groups attached to an aromatic ring is 1. The van der Waals surface area contributed by atoms with Gasteiger partial charge in [0, 0.05) is 4.75 Å². The van der Waals surface area contributed by atoms with Gasteiger partial charge in [0.05, 0.1) is 12.9 Å². The number of aromatic nitrogens is 4. The molecule has 1 saturated heterocycles. The van der Waals surface area contributed by atoms with Crippen molar-refractivity contribution in [1.29, 1.82) is 0 Å². The van der Waals surface area contributed by atoms with Gasteiger partial charge in [-0.25, -0.2) is 15.0 Å². The molecular formula is C26H43N5O5PS2Si+. The summed E-state index contributed by atoms with van der Waals surface area (Å²) < 4.78 is 26.8. The average Bonchev–Trinajstić information content (AvgIpc) is 3.40. The van der Waals surface area contributed by atoms with Crippen molar-refractivity contribution in [3.8, 4) is 0 Å². The highest BCUT2D eigenvalue weighted by Crippen LogP contribution is 2.47. The molecule has 0 radical (unpaired) electrons. The predicted octanol–water partition coefficient (Wildman–Crippen LogP) is 5.30. The summed E-state index contributed by atoms with van der Waals surface area (Å²) in [5.41, 5.74) is 8.01. The molecule has 1 aliphatic heterocycles. The quantitative estimate of drug-likeness (QED) is 0.146. The third kappa shape index (κ3) is 6.63. The van der Waals surface area contributed by atoms with Crippen molar-refractivity contribution in [3.05, 3.63) is 24.8 Å². The molecule has 14 heteroatoms. The Morgan fingerprint density at radius 1 is 1.35 bits per heavy atom. The fraction of sp³-hybridized carbons (Fsp3) is 0.731. The SMILES string of the molecule is C=C(C)[C@H]1CC[C@@](C)(S)[C@H](O[P+](=S)O[C@H]2[C@@H](O)[C@H](n3cnc4c(N)ncnc43)O[C@@H]2CO[Si](C)(C)C(C)(C)C)C1. The molecule has 2 aliphatic rings. The summed E-state index contributed by atoms with van der Waals surface area (Å²) in [7, 11) is -3.91. The zero-order valence-corrected chi connectivity index (χ0v) is 28.0. The Morgan fingerprint density at radius 2 is 2.05 bits per heavy atom. The van der Waals surface area contributed by atoms with E-state index in [1.807, 2.05) is 6.92 Å². The molecule has 0 spiro atoms. The Labute approximate surface area is 249 Å². The minimum atomic E-state index is -2.12. The van der Waals surface area contributed by atoms with E-state index in [-0.39, 0.29) is 28.3 Å². The normalized spacial score (nSPS) is 32.0. The van der Waals surface area contributed by atoms with Gasteiger partial charge in [0.15, 0.2) is 32.1 Å². The maximum absolute atomic E-state index is 11.5. The number of hydrogen-bond acceptors (Lipinski definition) is 11. The molecule has 10 nitrogen and oxygen atoms in total. The summed E-state index contributed by atoms with van der Waals surface area (Å²) >= 11 is 10.6. The van der Waals surface area contributed by atoms with Crippen LogP contribution in [0, 0.1) is 5.92 Å². The molecule has 3 N–H and O–H groups in total. The van der Waals surface area contributed by atoms with E-state index in [2.05, 4.69) is 62.3 Å². The number of hydrogen-bond donors (Lipinski definition) is 3. The van der Waals surface area contributed by atoms with E-state index in [9.17, 15) is 5.11 Å². The minimum Gasteiger partial charge on any atom is -0.414 e. The molecular weight excluding hydrogens is 586 g/mol. The lowest BCUT2D eigenvalue weighted by molar-refractivity contribution is -0.0485. The molecule has 1 saturated carbocycles. The number of allylic oxidation sites excluding steroid dienone is 1. The van der Waals surface area contributed by atoms with E-state index in [1.165, 1.54) is 12.7 Å². The van der Waals surface area contributed by atoms with Crippen molar-refractivity contribution in [2.75, 3.05) is 12.3 Å². The predicted molar refractivity (Wildman–Crippen MR) is 166 cm³/mol. The van der Waals surface area contributed by atoms with Crippen LogP contribution in [-0.4, -0.2) is 68.7 Å². The Hall–Kier alpha value is -1.02. The molecule has 222 valence electrons. The highest BCUT2D eigenvalue weighted by molar-refractivity contribution is 8.00. The number of nitrogens with zero attached hydrogens (tertiary/aromatic N) is 4. The maximum Gasteiger partial charge on any atom is 0.522 e. The monoisotopic (exact) mass is 628 g/mol. The fourth-order valence-electron chi connectivity index (χ4n) is 4.87. The number of aliphatic hydroxyl groups excluding tert-OH is 1. The lowest BCUT2D eigenvalue weighted by Gasteiger charge is -2.38. The van der Waals surface area contributed by atoms with Gasteiger partial charge in [0.25, 0.3) is 0 Å². The second-order valence-corrected chi connectivity index (χ2v) is 20.4. The van der Waals surface area contributed by atoms with Gasteiger partial charge in [0.1, 0.15) is 30.2 Å². The van der Waals surface area contributed by atoms with Gasteiger partial charge >= 0.3 is 7.15 Å². The average molecular weight is 629 g/mol. The third-order valence-corrected chi connectivity index (χ3v) is 15.1. The van der Waals surface area contributed by atoms with Gasteiger partial charge in [0.2, 0.25) is 11.8 Å². The Balaban J connectivity index is 1.56. The molecule has 0 amide bonds. The standard InChI is InChI=1S/C26H42N5O5PS2Si/c1-15(2)16-9-10-26(6,38)18(11-16)35-37(39)36-21-17(12-33-40(7,8)25(3,4)5)34-24(20(21)32)31-14-30-19-22(27)28-13-29-23(19)31/h13-14,16-18,20-21,24,32H,1,9-12H2,2-8H3,(H2-,27,28,29,38)/p+1/t16-,17+,18+,20+,21+,24+,26+/m0/s1. The van der Waals surface area contributed by atoms with Crippen LogP contribution in [0.15, 0.2) is 24.8 Å². The largest absolute Gasteiger partial charge is 0.522 e. The van der Waals surface area contributed by atoms with Crippen molar-refractivity contribution in [1.82, 2.24) is 19.5 Å². The molecule has 2 aromatic rings. The van der Waals surface area contributed by atoms with Gasteiger partial charge < -0.3 is 20.0 Å². The summed E-state index contributed by atoms with van der Waals surface area (Å²) in [6, 6.07) is 0. The van der Waals surface area contributed by atoms with Crippen molar-refractivity contribution < 1.29 is 23.3 Å². The summed E-state index contributed by atoms with van der Waals surface area (Å²) in [4.78, 5) is 12.7. The second-order valence-electron chi connectivity index (χ2n) is 12.8. The first-order chi connectivity index (χ1) is 18.5. The van der Waals surface area contributed by atoms with Gasteiger partial charge in [-0.05, 0) is 57.2 Å². The van der Waals surface area contributed by atoms with Crippen LogP contribution in [0.4, 0.5) is 5.82 Å². The van der Waals surface area contributed by atoms with E-state index in [0.717, 1.165) is 24.8 Å². The highest BCUT2D eigenvalue weighted by atomic mass is 32.4. The van der Waals surface area contributed by atoms with Gasteiger partial charge in [-0.15, -0.1) is 9.05 Å². The maximum atomic E-state index is 11.5. The van der Waals surface area contributed by atoms with E-state index in [0.29, 0.717) is 17.1 Å². The van der Waals surface area contributed by atoms with E-state index in [4.69, 9.17) is 48.4 Å². The van der Waals surface area contributed by atoms with Crippen LogP contribution < -0.4 is 5.73 Å². The van der Waals surface area contributed by atoms with E-state index < -0.39 is 40.0 Å². The molecule has 8 atom stereocenters. The van der Waals surface area contributed by atoms with Crippen LogP contribution >= 0.6 is 19.8 Å². The Bertz CT molecular complexity index is 1260. The van der Waals surface area contributed by atoms with Crippen LogP contribution in [0.2, 0.25) is 18.1 Å². The number of thiol groups is 1. The van der Waals surface area contributed by atoms with Crippen LogP contribution in [0.5, 0.6) is 0 Å². The van der Waals surface area contributed by atoms with Crippen molar-refractivity contribution in [2.45, 2.75) is 107 Å². The lowest BCUT2D eigenvalue weighted by Crippen LogP contribution is -2.45. The van der Waals surface area contributed by atoms with Crippen LogP contribution in [0.3, 0.4) is 0 Å². The molecule has 40 heavy (non-hydrogen) atoms. The number of imidazole rings is 1. The van der Waals surface area contributed by atoms with E-state index in [1.54, 1.807) is 4.57 Å². The zero-order chi connectivity index (χ0) is 29.6. The molecule has 4 rings (SSSR count). The Morgan fingerprint density at radius 3 is 2.70 bits per heavy atom. The van der Waals surface area contributed by atoms with Crippen molar-refractivity contribution in [2.24, 2.45) is 5.92 Å². The minimum absolute atomic E-state index is 0.000547. The van der Waals surface area contributed by atoms with Gasteiger partial charge in [-0.1, -0.05) is 32.9 Å². The summed E-state index contributed by atoms with van der Waals surface area (Å²) in [5, 5.41) is 11.5. The van der Waals surface area contributed by atoms with Gasteiger partial charge in [-0.2, -0.15) is 12.6 Å². The lowest BCUT2D eigenvalue weighted by atomic mass is 9.77. The molecule has 0 bridgehead atoms. The number of nitrogens with two attached hydrogens (primary N) is 1. The van der Waals surface area contributed by atoms with E-state index >= 15 is 0 Å². The first-order valence-corrected chi connectivity index (χ1v) is 19.2. The fourth-order valence-corrected chi connectivity index (χ4v) is 7.90. The van der Waals surface area contributed by atoms with Gasteiger partial charge in [-0.3, -0.25) is 4.57 Å². The number of anilines is 1. The first-order valence-electron chi connectivity index (χ1n) is 13.6. The molecule has 3 heterocycles. The molecule has 1 aliphatic carbocycles. The third-order valence-electron chi connectivity index (χ3n) is 8.69. The smallest absolute Gasteiger partial charge is 0.414 e.